The van der Waals surface area contributed by atoms with Crippen LogP contribution in [0.2, 0.25) is 0 Å². The summed E-state index contributed by atoms with van der Waals surface area (Å²) in [6.45, 7) is 1.52. The molecular weight excluding hydrogens is 515 g/mol. The molecule has 0 radical (unpaired) electrons. The van der Waals surface area contributed by atoms with E-state index in [2.05, 4.69) is 14.5 Å². The lowest BCUT2D eigenvalue weighted by molar-refractivity contribution is -0.359. The first-order valence-corrected chi connectivity index (χ1v) is 9.60. The Hall–Kier alpha value is -4.11. The van der Waals surface area contributed by atoms with Crippen molar-refractivity contribution in [1.82, 2.24) is 4.98 Å². The van der Waals surface area contributed by atoms with Crippen molar-refractivity contribution in [2.24, 2.45) is 0 Å². The van der Waals surface area contributed by atoms with E-state index in [-0.39, 0.29) is 24.5 Å². The fourth-order valence-corrected chi connectivity index (χ4v) is 3.37. The van der Waals surface area contributed by atoms with E-state index in [4.69, 9.17) is 14.6 Å². The van der Waals surface area contributed by atoms with Gasteiger partial charge in [-0.15, -0.1) is 0 Å². The normalized spacial score (nSPS) is 12.7. The highest BCUT2D eigenvalue weighted by Gasteiger charge is 2.74. The number of hydrogen-bond donors (Lipinski definition) is 2. The highest BCUT2D eigenvalue weighted by atomic mass is 19.4. The van der Waals surface area contributed by atoms with Crippen LogP contribution in [-0.2, 0) is 12.3 Å². The second-order valence-electron chi connectivity index (χ2n) is 7.20. The molecule has 0 unspecified atom stereocenters. The van der Waals surface area contributed by atoms with Crippen LogP contribution in [0, 0.1) is 0 Å². The van der Waals surface area contributed by atoms with E-state index in [1.165, 1.54) is 6.92 Å². The number of hydrogen-bond acceptors (Lipinski definition) is 7. The number of pyridine rings is 1. The summed E-state index contributed by atoms with van der Waals surface area (Å²) in [6.07, 6.45) is -10.9. The molecule has 0 spiro atoms. The van der Waals surface area contributed by atoms with Crippen molar-refractivity contribution >= 4 is 34.2 Å². The Kier molecular flexibility index (Phi) is 6.50. The zero-order chi connectivity index (χ0) is 27.2. The fourth-order valence-electron chi connectivity index (χ4n) is 3.37. The van der Waals surface area contributed by atoms with Crippen molar-refractivity contribution in [3.8, 4) is 11.8 Å². The number of ether oxygens (including phenoxy) is 2. The van der Waals surface area contributed by atoms with E-state index >= 15 is 0 Å². The van der Waals surface area contributed by atoms with Crippen molar-refractivity contribution < 1.29 is 64.4 Å². The molecule has 0 aliphatic carbocycles. The van der Waals surface area contributed by atoms with Crippen LogP contribution in [0.4, 0.5) is 40.3 Å². The number of nitrogens with zero attached hydrogens (tertiary/aromatic N) is 1. The van der Waals surface area contributed by atoms with Crippen LogP contribution in [0.5, 0.6) is 11.8 Å². The number of aromatic nitrogens is 1. The lowest BCUT2D eigenvalue weighted by Gasteiger charge is -2.29. The van der Waals surface area contributed by atoms with Crippen molar-refractivity contribution in [3.05, 3.63) is 39.5 Å². The van der Waals surface area contributed by atoms with Crippen molar-refractivity contribution in [1.29, 1.82) is 0 Å². The minimum Gasteiger partial charge on any atom is -0.449 e. The lowest BCUT2D eigenvalue weighted by Crippen LogP contribution is -2.50. The monoisotopic (exact) mass is 527 g/mol. The first-order chi connectivity index (χ1) is 16.5. The topological polar surface area (TPSA) is 136 Å². The van der Waals surface area contributed by atoms with Crippen LogP contribution in [0.1, 0.15) is 24.5 Å². The largest absolute Gasteiger partial charge is 0.513 e. The van der Waals surface area contributed by atoms with E-state index in [1.54, 1.807) is 0 Å². The van der Waals surface area contributed by atoms with Crippen molar-refractivity contribution in [2.45, 2.75) is 37.8 Å². The molecule has 3 rings (SSSR count). The molecule has 0 aliphatic heterocycles. The summed E-state index contributed by atoms with van der Waals surface area (Å²) in [6, 6.07) is 0.865. The number of carbonyl (C=O) groups is 2. The van der Waals surface area contributed by atoms with Crippen LogP contribution >= 0.6 is 0 Å². The van der Waals surface area contributed by atoms with E-state index in [1.807, 2.05) is 0 Å². The molecule has 0 aliphatic rings. The smallest absolute Gasteiger partial charge is 0.449 e. The van der Waals surface area contributed by atoms with Gasteiger partial charge in [0.15, 0.2) is 5.43 Å². The molecule has 194 valence electrons. The standard InChI is InChI=1S/C20H12F7NO8/c1-2-3-7-14-8(4-9-11(29)6-13(35-15(7)9)36-17(32)33)10(5-12(28-14)34-16(30)31)18(21,22)19(23,24)20(25,26)27/h4-6H,2-3H2,1H3,(H,30,31)(H,32,33). The third kappa shape index (κ3) is 4.45. The number of carboxylic acid groups (broad SMARTS) is 2. The number of halogens is 7. The summed E-state index contributed by atoms with van der Waals surface area (Å²) >= 11 is 0. The second-order valence-corrected chi connectivity index (χ2v) is 7.20. The Balaban J connectivity index is 2.55. The molecule has 0 fully saturated rings. The molecule has 0 bridgehead atoms. The average Bonchev–Trinajstić information content (AvgIpc) is 2.72. The van der Waals surface area contributed by atoms with Gasteiger partial charge in [-0.2, -0.15) is 30.7 Å². The van der Waals surface area contributed by atoms with Crippen molar-refractivity contribution in [2.75, 3.05) is 0 Å². The summed E-state index contributed by atoms with van der Waals surface area (Å²) in [5.74, 6) is -14.8. The van der Waals surface area contributed by atoms with Crippen LogP contribution in [0.3, 0.4) is 0 Å². The molecule has 2 heterocycles. The minimum atomic E-state index is -6.73. The van der Waals surface area contributed by atoms with Gasteiger partial charge in [0.05, 0.1) is 17.0 Å². The zero-order valence-corrected chi connectivity index (χ0v) is 17.6. The molecule has 0 saturated heterocycles. The summed E-state index contributed by atoms with van der Waals surface area (Å²) < 4.78 is 110. The Labute approximate surface area is 193 Å². The van der Waals surface area contributed by atoms with E-state index in [0.717, 1.165) is 0 Å². The SMILES string of the molecule is CCCc1c2nc(OC(=O)O)cc(C(F)(F)C(F)(F)C(F)(F)F)c2cc2c(=O)cc(OC(=O)O)oc12. The first-order valence-electron chi connectivity index (χ1n) is 9.60. The molecule has 0 atom stereocenters. The molecule has 9 nitrogen and oxygen atoms in total. The molecule has 36 heavy (non-hydrogen) atoms. The Morgan fingerprint density at radius 1 is 0.972 bits per heavy atom. The van der Waals surface area contributed by atoms with Crippen LogP contribution in [0.25, 0.3) is 21.9 Å². The van der Waals surface area contributed by atoms with Crippen LogP contribution in [0.15, 0.2) is 27.4 Å². The van der Waals surface area contributed by atoms with E-state index < -0.39 is 75.0 Å². The molecule has 2 N–H and O–H groups in total. The Morgan fingerprint density at radius 3 is 2.11 bits per heavy atom. The van der Waals surface area contributed by atoms with E-state index in [9.17, 15) is 45.1 Å². The fraction of sp³-hybridized carbons (Fsp3) is 0.300. The van der Waals surface area contributed by atoms with E-state index in [0.29, 0.717) is 12.1 Å². The van der Waals surface area contributed by atoms with Crippen LogP contribution < -0.4 is 14.9 Å². The number of fused-ring (bicyclic) bond motifs is 2. The second kappa shape index (κ2) is 8.83. The minimum absolute atomic E-state index is 0.110. The molecule has 16 heteroatoms. The van der Waals surface area contributed by atoms with Gasteiger partial charge < -0.3 is 24.1 Å². The van der Waals surface area contributed by atoms with Gasteiger partial charge in [0.25, 0.3) is 5.95 Å². The predicted molar refractivity (Wildman–Crippen MR) is 104 cm³/mol. The van der Waals surface area contributed by atoms with Gasteiger partial charge in [-0.25, -0.2) is 14.6 Å². The summed E-state index contributed by atoms with van der Waals surface area (Å²) in [7, 11) is 0. The molecule has 0 amide bonds. The molecule has 3 aromatic rings. The number of alkyl halides is 7. The molecular formula is C20H12F7NO8. The summed E-state index contributed by atoms with van der Waals surface area (Å²) in [4.78, 5) is 37.9. The third-order valence-corrected chi connectivity index (χ3v) is 4.81. The number of rotatable bonds is 6. The Bertz CT molecular complexity index is 1430. The van der Waals surface area contributed by atoms with Gasteiger partial charge in [0, 0.05) is 22.6 Å². The zero-order valence-electron chi connectivity index (χ0n) is 17.6. The molecule has 2 aromatic heterocycles. The van der Waals surface area contributed by atoms with Gasteiger partial charge in [-0.1, -0.05) is 13.3 Å². The number of benzene rings is 1. The maximum Gasteiger partial charge on any atom is 0.513 e. The highest BCUT2D eigenvalue weighted by molar-refractivity contribution is 6.00. The molecule has 0 saturated carbocycles. The first kappa shape index (κ1) is 26.5. The lowest BCUT2D eigenvalue weighted by atomic mass is 9.93. The van der Waals surface area contributed by atoms with Crippen LogP contribution in [-0.4, -0.2) is 39.6 Å². The van der Waals surface area contributed by atoms with Gasteiger partial charge in [-0.3, -0.25) is 4.79 Å². The maximum atomic E-state index is 14.8. The third-order valence-electron chi connectivity index (χ3n) is 4.81. The summed E-state index contributed by atoms with van der Waals surface area (Å²) in [5, 5.41) is 15.9. The number of aryl methyl sites for hydroxylation is 1. The summed E-state index contributed by atoms with van der Waals surface area (Å²) in [5.41, 5.74) is -4.73. The maximum absolute atomic E-state index is 14.8. The average molecular weight is 527 g/mol. The Morgan fingerprint density at radius 2 is 1.58 bits per heavy atom. The predicted octanol–water partition coefficient (Wildman–Crippen LogP) is 5.70. The van der Waals surface area contributed by atoms with Gasteiger partial charge in [0.2, 0.25) is 5.88 Å². The van der Waals surface area contributed by atoms with Gasteiger partial charge in [-0.05, 0) is 12.5 Å². The van der Waals surface area contributed by atoms with Gasteiger partial charge in [0.1, 0.15) is 5.58 Å². The molecule has 1 aromatic carbocycles. The quantitative estimate of drug-likeness (QED) is 0.235. The van der Waals surface area contributed by atoms with Gasteiger partial charge >= 0.3 is 30.3 Å². The van der Waals surface area contributed by atoms with Crippen molar-refractivity contribution in [3.63, 3.8) is 0 Å². The highest BCUT2D eigenvalue weighted by Crippen LogP contribution is 2.53.